The van der Waals surface area contributed by atoms with Gasteiger partial charge in [0.15, 0.2) is 5.82 Å². The summed E-state index contributed by atoms with van der Waals surface area (Å²) in [6.45, 7) is 0.839. The van der Waals surface area contributed by atoms with Gasteiger partial charge >= 0.3 is 10.2 Å². The first kappa shape index (κ1) is 14.7. The summed E-state index contributed by atoms with van der Waals surface area (Å²) in [5.41, 5.74) is 5.65. The topological polar surface area (TPSA) is 88.3 Å². The highest BCUT2D eigenvalue weighted by molar-refractivity contribution is 9.10. The first-order valence-electron chi connectivity index (χ1n) is 6.15. The quantitative estimate of drug-likeness (QED) is 0.858. The van der Waals surface area contributed by atoms with Crippen molar-refractivity contribution >= 4 is 32.0 Å². The second-order valence-corrected chi connectivity index (χ2v) is 6.91. The van der Waals surface area contributed by atoms with Crippen LogP contribution >= 0.6 is 15.9 Å². The second kappa shape index (κ2) is 6.17. The summed E-state index contributed by atoms with van der Waals surface area (Å²) in [5.74, 6) is 0.295. The minimum atomic E-state index is -3.61. The Kier molecular flexibility index (Phi) is 4.77. The first-order chi connectivity index (χ1) is 9.04. The number of rotatable bonds is 4. The van der Waals surface area contributed by atoms with Gasteiger partial charge in [0.05, 0.1) is 4.47 Å². The predicted molar refractivity (Wildman–Crippen MR) is 77.9 cm³/mol. The molecule has 1 unspecified atom stereocenters. The molecular weight excluding hydrogens is 332 g/mol. The Morgan fingerprint density at radius 3 is 3.00 bits per heavy atom. The zero-order valence-electron chi connectivity index (χ0n) is 10.4. The summed E-state index contributed by atoms with van der Waals surface area (Å²) in [5, 5.41) is 0. The summed E-state index contributed by atoms with van der Waals surface area (Å²) >= 11 is 3.27. The van der Waals surface area contributed by atoms with Crippen LogP contribution in [0.25, 0.3) is 0 Å². The number of hydrogen-bond donors (Lipinski definition) is 2. The summed E-state index contributed by atoms with van der Waals surface area (Å²) in [7, 11) is -3.61. The van der Waals surface area contributed by atoms with Gasteiger partial charge in [-0.3, -0.25) is 4.72 Å². The number of anilines is 1. The molecule has 0 bridgehead atoms. The van der Waals surface area contributed by atoms with Gasteiger partial charge < -0.3 is 5.73 Å². The van der Waals surface area contributed by atoms with Gasteiger partial charge in [-0.2, -0.15) is 12.7 Å². The van der Waals surface area contributed by atoms with Crippen molar-refractivity contribution in [1.82, 2.24) is 9.29 Å². The van der Waals surface area contributed by atoms with E-state index in [0.717, 1.165) is 19.3 Å². The van der Waals surface area contributed by atoms with Crippen molar-refractivity contribution in [3.63, 3.8) is 0 Å². The molecule has 8 heteroatoms. The van der Waals surface area contributed by atoms with Crippen LogP contribution in [0.5, 0.6) is 0 Å². The molecule has 19 heavy (non-hydrogen) atoms. The molecule has 0 radical (unpaired) electrons. The molecule has 0 aromatic carbocycles. The fourth-order valence-electron chi connectivity index (χ4n) is 2.17. The van der Waals surface area contributed by atoms with Crippen LogP contribution in [0.15, 0.2) is 22.8 Å². The fraction of sp³-hybridized carbons (Fsp3) is 0.545. The van der Waals surface area contributed by atoms with Gasteiger partial charge in [0.25, 0.3) is 0 Å². The molecule has 2 heterocycles. The minimum absolute atomic E-state index is 0.131. The van der Waals surface area contributed by atoms with E-state index in [9.17, 15) is 8.42 Å². The molecule has 1 atom stereocenters. The Balaban J connectivity index is 2.20. The monoisotopic (exact) mass is 348 g/mol. The van der Waals surface area contributed by atoms with Gasteiger partial charge in [-0.1, -0.05) is 6.42 Å². The van der Waals surface area contributed by atoms with Crippen molar-refractivity contribution in [2.75, 3.05) is 17.8 Å². The lowest BCUT2D eigenvalue weighted by atomic mass is 10.1. The van der Waals surface area contributed by atoms with E-state index in [1.165, 1.54) is 4.31 Å². The van der Waals surface area contributed by atoms with E-state index < -0.39 is 10.2 Å². The minimum Gasteiger partial charge on any atom is -0.329 e. The van der Waals surface area contributed by atoms with Crippen molar-refractivity contribution in [2.24, 2.45) is 5.73 Å². The predicted octanol–water partition coefficient (Wildman–Crippen LogP) is 1.31. The van der Waals surface area contributed by atoms with Gasteiger partial charge in [0, 0.05) is 25.3 Å². The van der Waals surface area contributed by atoms with Crippen molar-refractivity contribution in [3.05, 3.63) is 22.8 Å². The highest BCUT2D eigenvalue weighted by Gasteiger charge is 2.31. The largest absolute Gasteiger partial charge is 0.329 e. The molecule has 1 saturated heterocycles. The summed E-state index contributed by atoms with van der Waals surface area (Å²) in [6.07, 6.45) is 4.22. The van der Waals surface area contributed by atoms with E-state index in [1.807, 2.05) is 0 Å². The van der Waals surface area contributed by atoms with E-state index in [0.29, 0.717) is 23.4 Å². The van der Waals surface area contributed by atoms with Crippen LogP contribution in [0, 0.1) is 0 Å². The number of aromatic nitrogens is 1. The Labute approximate surface area is 121 Å². The summed E-state index contributed by atoms with van der Waals surface area (Å²) in [4.78, 5) is 4.01. The van der Waals surface area contributed by atoms with Gasteiger partial charge in [-0.05, 0) is 40.9 Å². The average Bonchev–Trinajstić information content (AvgIpc) is 2.41. The van der Waals surface area contributed by atoms with Gasteiger partial charge in [0.1, 0.15) is 0 Å². The molecule has 1 aliphatic heterocycles. The number of piperidine rings is 1. The number of hydrogen-bond acceptors (Lipinski definition) is 4. The molecule has 1 fully saturated rings. The van der Waals surface area contributed by atoms with E-state index in [2.05, 4.69) is 25.6 Å². The van der Waals surface area contributed by atoms with Crippen LogP contribution in [0.3, 0.4) is 0 Å². The van der Waals surface area contributed by atoms with Crippen LogP contribution < -0.4 is 10.5 Å². The van der Waals surface area contributed by atoms with Crippen LogP contribution in [0.1, 0.15) is 19.3 Å². The molecule has 2 rings (SSSR count). The summed E-state index contributed by atoms with van der Waals surface area (Å²) < 4.78 is 29.3. The number of nitrogens with one attached hydrogen (secondary N) is 1. The molecule has 1 aromatic rings. The van der Waals surface area contributed by atoms with Gasteiger partial charge in [0.2, 0.25) is 0 Å². The number of pyridine rings is 1. The van der Waals surface area contributed by atoms with Crippen LogP contribution in [-0.4, -0.2) is 36.8 Å². The molecule has 1 aliphatic rings. The third-order valence-corrected chi connectivity index (χ3v) is 5.33. The SMILES string of the molecule is NCC1CCCCN1S(=O)(=O)Nc1ncccc1Br. The Morgan fingerprint density at radius 1 is 1.53 bits per heavy atom. The Hall–Kier alpha value is -0.700. The van der Waals surface area contributed by atoms with Crippen LogP contribution in [0.2, 0.25) is 0 Å². The molecule has 0 saturated carbocycles. The second-order valence-electron chi connectivity index (χ2n) is 4.44. The molecule has 0 spiro atoms. The Morgan fingerprint density at radius 2 is 2.32 bits per heavy atom. The average molecular weight is 349 g/mol. The van der Waals surface area contributed by atoms with Crippen molar-refractivity contribution in [1.29, 1.82) is 0 Å². The highest BCUT2D eigenvalue weighted by atomic mass is 79.9. The highest BCUT2D eigenvalue weighted by Crippen LogP contribution is 2.24. The maximum absolute atomic E-state index is 12.4. The first-order valence-corrected chi connectivity index (χ1v) is 8.38. The number of nitrogens with two attached hydrogens (primary N) is 1. The van der Waals surface area contributed by atoms with Crippen molar-refractivity contribution in [3.8, 4) is 0 Å². The van der Waals surface area contributed by atoms with Crippen molar-refractivity contribution < 1.29 is 8.42 Å². The molecule has 3 N–H and O–H groups in total. The lowest BCUT2D eigenvalue weighted by Crippen LogP contribution is -2.49. The fourth-order valence-corrected chi connectivity index (χ4v) is 4.13. The van der Waals surface area contributed by atoms with Crippen LogP contribution in [-0.2, 0) is 10.2 Å². The third-order valence-electron chi connectivity index (χ3n) is 3.14. The molecular formula is C11H17BrN4O2S. The van der Waals surface area contributed by atoms with E-state index in [-0.39, 0.29) is 6.04 Å². The Bertz CT molecular complexity index is 537. The molecule has 1 aromatic heterocycles. The lowest BCUT2D eigenvalue weighted by Gasteiger charge is -2.33. The molecule has 6 nitrogen and oxygen atoms in total. The summed E-state index contributed by atoms with van der Waals surface area (Å²) in [6, 6.07) is 3.33. The smallest absolute Gasteiger partial charge is 0.303 e. The molecule has 0 amide bonds. The van der Waals surface area contributed by atoms with Gasteiger partial charge in [-0.15, -0.1) is 0 Å². The molecule has 106 valence electrons. The zero-order valence-corrected chi connectivity index (χ0v) is 12.8. The van der Waals surface area contributed by atoms with E-state index in [4.69, 9.17) is 5.73 Å². The molecule has 0 aliphatic carbocycles. The number of halogens is 1. The van der Waals surface area contributed by atoms with Crippen LogP contribution in [0.4, 0.5) is 5.82 Å². The standard InChI is InChI=1S/C11H17BrN4O2S/c12-10-5-3-6-14-11(10)15-19(17,18)16-7-2-1-4-9(16)8-13/h3,5-6,9H,1-2,4,7-8,13H2,(H,14,15). The van der Waals surface area contributed by atoms with E-state index in [1.54, 1.807) is 18.3 Å². The van der Waals surface area contributed by atoms with Gasteiger partial charge in [-0.25, -0.2) is 4.98 Å². The number of nitrogens with zero attached hydrogens (tertiary/aromatic N) is 2. The van der Waals surface area contributed by atoms with Crippen molar-refractivity contribution in [2.45, 2.75) is 25.3 Å². The third kappa shape index (κ3) is 3.44. The van der Waals surface area contributed by atoms with E-state index >= 15 is 0 Å². The maximum Gasteiger partial charge on any atom is 0.303 e. The normalized spacial score (nSPS) is 21.3. The lowest BCUT2D eigenvalue weighted by molar-refractivity contribution is 0.259. The zero-order chi connectivity index (χ0) is 13.9. The maximum atomic E-state index is 12.4.